The monoisotopic (exact) mass is 232 g/mol. The molecule has 5 nitrogen and oxygen atoms in total. The number of carboxylic acids is 1. The number of hydrogen-bond acceptors (Lipinski definition) is 4. The first-order valence-electron chi connectivity index (χ1n) is 5.01. The maximum atomic E-state index is 11.4. The average molecular weight is 232 g/mol. The molecular weight excluding hydrogens is 216 g/mol. The number of hydrogen-bond donors (Lipinski definition) is 3. The fraction of sp³-hybridized carbons (Fsp3) is 0.778. The molecule has 1 aliphatic heterocycles. The van der Waals surface area contributed by atoms with Crippen LogP contribution in [0.3, 0.4) is 0 Å². The zero-order valence-electron chi connectivity index (χ0n) is 8.49. The molecule has 0 saturated carbocycles. The number of unbranched alkanes of at least 4 members (excludes halogenated alkanes) is 1. The Labute approximate surface area is 93.0 Å². The lowest BCUT2D eigenvalue weighted by atomic mass is 10.2. The molecule has 86 valence electrons. The van der Waals surface area contributed by atoms with Crippen LogP contribution < -0.4 is 10.6 Å². The second-order valence-corrected chi connectivity index (χ2v) is 4.44. The second-order valence-electron chi connectivity index (χ2n) is 3.41. The van der Waals surface area contributed by atoms with E-state index < -0.39 is 5.97 Å². The van der Waals surface area contributed by atoms with Crippen LogP contribution in [0.15, 0.2) is 0 Å². The molecule has 6 heteroatoms. The molecule has 0 radical (unpaired) electrons. The van der Waals surface area contributed by atoms with Crippen molar-refractivity contribution in [1.82, 2.24) is 10.6 Å². The molecular formula is C9H16N2O3S. The number of carbonyl (C=O) groups is 2. The molecule has 1 rings (SSSR count). The number of amides is 1. The molecule has 0 aromatic heterocycles. The van der Waals surface area contributed by atoms with Gasteiger partial charge in [-0.1, -0.05) is 0 Å². The maximum absolute atomic E-state index is 11.4. The Balaban J connectivity index is 1.99. The summed E-state index contributed by atoms with van der Waals surface area (Å²) in [5, 5.41) is 14.3. The SMILES string of the molecule is O=C(O)CCCCNC(=O)C1CSCN1. The van der Waals surface area contributed by atoms with Crippen LogP contribution in [0.5, 0.6) is 0 Å². The summed E-state index contributed by atoms with van der Waals surface area (Å²) in [7, 11) is 0. The van der Waals surface area contributed by atoms with Gasteiger partial charge in [0.2, 0.25) is 5.91 Å². The highest BCUT2D eigenvalue weighted by atomic mass is 32.2. The largest absolute Gasteiger partial charge is 0.481 e. The van der Waals surface area contributed by atoms with Crippen LogP contribution in [-0.4, -0.2) is 41.2 Å². The van der Waals surface area contributed by atoms with Gasteiger partial charge in [0.05, 0.1) is 6.04 Å². The minimum Gasteiger partial charge on any atom is -0.481 e. The van der Waals surface area contributed by atoms with E-state index in [4.69, 9.17) is 5.11 Å². The lowest BCUT2D eigenvalue weighted by Crippen LogP contribution is -2.42. The third-order valence-corrected chi connectivity index (χ3v) is 3.09. The van der Waals surface area contributed by atoms with E-state index in [2.05, 4.69) is 10.6 Å². The zero-order chi connectivity index (χ0) is 11.1. The van der Waals surface area contributed by atoms with E-state index in [9.17, 15) is 9.59 Å². The zero-order valence-corrected chi connectivity index (χ0v) is 9.31. The Morgan fingerprint density at radius 2 is 2.27 bits per heavy atom. The Morgan fingerprint density at radius 1 is 1.47 bits per heavy atom. The fourth-order valence-corrected chi connectivity index (χ4v) is 2.24. The predicted octanol–water partition coefficient (Wildman–Crippen LogP) is 0.0200. The average Bonchev–Trinajstić information content (AvgIpc) is 2.69. The Morgan fingerprint density at radius 3 is 2.87 bits per heavy atom. The number of carboxylic acid groups (broad SMARTS) is 1. The van der Waals surface area contributed by atoms with Crippen molar-refractivity contribution in [3.8, 4) is 0 Å². The summed E-state index contributed by atoms with van der Waals surface area (Å²) in [6, 6.07) is -0.0746. The topological polar surface area (TPSA) is 78.4 Å². The molecule has 0 aromatic carbocycles. The molecule has 0 aliphatic carbocycles. The number of aliphatic carboxylic acids is 1. The fourth-order valence-electron chi connectivity index (χ4n) is 1.30. The van der Waals surface area contributed by atoms with Gasteiger partial charge in [-0.3, -0.25) is 14.9 Å². The van der Waals surface area contributed by atoms with Gasteiger partial charge in [-0.15, -0.1) is 11.8 Å². The third-order valence-electron chi connectivity index (χ3n) is 2.15. The van der Waals surface area contributed by atoms with Gasteiger partial charge in [-0.2, -0.15) is 0 Å². The van der Waals surface area contributed by atoms with E-state index in [-0.39, 0.29) is 18.4 Å². The Kier molecular flexibility index (Phi) is 5.49. The van der Waals surface area contributed by atoms with Crippen molar-refractivity contribution in [2.45, 2.75) is 25.3 Å². The smallest absolute Gasteiger partial charge is 0.303 e. The molecule has 0 spiro atoms. The molecule has 0 bridgehead atoms. The second kappa shape index (κ2) is 6.68. The maximum Gasteiger partial charge on any atom is 0.303 e. The summed E-state index contributed by atoms with van der Waals surface area (Å²) in [6.07, 6.45) is 1.51. The molecule has 1 saturated heterocycles. The first kappa shape index (κ1) is 12.3. The molecule has 1 atom stereocenters. The Bertz CT molecular complexity index is 229. The van der Waals surface area contributed by atoms with Crippen molar-refractivity contribution in [2.75, 3.05) is 18.2 Å². The van der Waals surface area contributed by atoms with Crippen LogP contribution in [0.1, 0.15) is 19.3 Å². The van der Waals surface area contributed by atoms with Gasteiger partial charge in [-0.05, 0) is 12.8 Å². The molecule has 1 heterocycles. The van der Waals surface area contributed by atoms with Crippen molar-refractivity contribution in [3.63, 3.8) is 0 Å². The first-order chi connectivity index (χ1) is 7.20. The molecule has 15 heavy (non-hydrogen) atoms. The van der Waals surface area contributed by atoms with Crippen molar-refractivity contribution in [3.05, 3.63) is 0 Å². The minimum atomic E-state index is -0.782. The summed E-state index contributed by atoms with van der Waals surface area (Å²) < 4.78 is 0. The number of nitrogens with one attached hydrogen (secondary N) is 2. The van der Waals surface area contributed by atoms with Gasteiger partial charge in [0.25, 0.3) is 0 Å². The first-order valence-corrected chi connectivity index (χ1v) is 6.16. The van der Waals surface area contributed by atoms with Crippen molar-refractivity contribution < 1.29 is 14.7 Å². The van der Waals surface area contributed by atoms with Gasteiger partial charge in [0.15, 0.2) is 0 Å². The van der Waals surface area contributed by atoms with Crippen LogP contribution >= 0.6 is 11.8 Å². The molecule has 1 aliphatic rings. The predicted molar refractivity (Wildman–Crippen MR) is 58.7 cm³/mol. The molecule has 1 amide bonds. The lowest BCUT2D eigenvalue weighted by molar-refractivity contribution is -0.137. The van der Waals surface area contributed by atoms with Crippen LogP contribution in [0.4, 0.5) is 0 Å². The van der Waals surface area contributed by atoms with Crippen LogP contribution in [0, 0.1) is 0 Å². The van der Waals surface area contributed by atoms with E-state index in [1.807, 2.05) is 0 Å². The normalized spacial score (nSPS) is 20.1. The van der Waals surface area contributed by atoms with Gasteiger partial charge in [0.1, 0.15) is 0 Å². The summed E-state index contributed by atoms with van der Waals surface area (Å²) in [5.41, 5.74) is 0. The third kappa shape index (κ3) is 5.03. The molecule has 0 aromatic rings. The van der Waals surface area contributed by atoms with Gasteiger partial charge in [-0.25, -0.2) is 0 Å². The minimum absolute atomic E-state index is 0.0234. The number of rotatable bonds is 6. The van der Waals surface area contributed by atoms with Crippen LogP contribution in [0.25, 0.3) is 0 Å². The Hall–Kier alpha value is -0.750. The highest BCUT2D eigenvalue weighted by Crippen LogP contribution is 2.09. The molecule has 3 N–H and O–H groups in total. The van der Waals surface area contributed by atoms with Crippen LogP contribution in [0.2, 0.25) is 0 Å². The van der Waals surface area contributed by atoms with E-state index >= 15 is 0 Å². The summed E-state index contributed by atoms with van der Waals surface area (Å²) in [5.74, 6) is 0.892. The van der Waals surface area contributed by atoms with E-state index in [0.717, 1.165) is 18.1 Å². The standard InChI is InChI=1S/C9H16N2O3S/c12-8(13)3-1-2-4-10-9(14)7-5-15-6-11-7/h7,11H,1-6H2,(H,10,14)(H,12,13). The van der Waals surface area contributed by atoms with Gasteiger partial charge < -0.3 is 10.4 Å². The summed E-state index contributed by atoms with van der Waals surface area (Å²) >= 11 is 1.71. The lowest BCUT2D eigenvalue weighted by Gasteiger charge is -2.09. The van der Waals surface area contributed by atoms with E-state index in [0.29, 0.717) is 13.0 Å². The van der Waals surface area contributed by atoms with Crippen molar-refractivity contribution >= 4 is 23.6 Å². The molecule has 1 fully saturated rings. The van der Waals surface area contributed by atoms with Gasteiger partial charge in [0, 0.05) is 24.6 Å². The summed E-state index contributed by atoms with van der Waals surface area (Å²) in [4.78, 5) is 21.6. The van der Waals surface area contributed by atoms with E-state index in [1.165, 1.54) is 0 Å². The number of carbonyl (C=O) groups excluding carboxylic acids is 1. The quantitative estimate of drug-likeness (QED) is 0.563. The van der Waals surface area contributed by atoms with Crippen LogP contribution in [-0.2, 0) is 9.59 Å². The number of thioether (sulfide) groups is 1. The van der Waals surface area contributed by atoms with Crippen molar-refractivity contribution in [2.24, 2.45) is 0 Å². The summed E-state index contributed by atoms with van der Waals surface area (Å²) in [6.45, 7) is 0.564. The highest BCUT2D eigenvalue weighted by Gasteiger charge is 2.21. The molecule has 1 unspecified atom stereocenters. The van der Waals surface area contributed by atoms with Gasteiger partial charge >= 0.3 is 5.97 Å². The van der Waals surface area contributed by atoms with E-state index in [1.54, 1.807) is 11.8 Å². The highest BCUT2D eigenvalue weighted by molar-refractivity contribution is 7.99. The van der Waals surface area contributed by atoms with Crippen molar-refractivity contribution in [1.29, 1.82) is 0 Å².